The average Bonchev–Trinajstić information content (AvgIpc) is 3.01. The highest BCUT2D eigenvalue weighted by atomic mass is 16.5. The lowest BCUT2D eigenvalue weighted by molar-refractivity contribution is -0.121. The number of fused-ring (bicyclic) bond motifs is 1. The van der Waals surface area contributed by atoms with Gasteiger partial charge in [0, 0.05) is 32.5 Å². The van der Waals surface area contributed by atoms with Crippen molar-refractivity contribution in [3.8, 4) is 0 Å². The monoisotopic (exact) mass is 347 g/mol. The summed E-state index contributed by atoms with van der Waals surface area (Å²) in [6.45, 7) is 7.59. The summed E-state index contributed by atoms with van der Waals surface area (Å²) in [5.41, 5.74) is 1.26. The lowest BCUT2D eigenvalue weighted by Crippen LogP contribution is -2.37. The van der Waals surface area contributed by atoms with E-state index in [1.165, 1.54) is 0 Å². The average molecular weight is 347 g/mol. The zero-order valence-electron chi connectivity index (χ0n) is 14.9. The van der Waals surface area contributed by atoms with E-state index in [4.69, 9.17) is 14.2 Å². The van der Waals surface area contributed by atoms with Crippen molar-refractivity contribution in [1.82, 2.24) is 20.4 Å². The van der Waals surface area contributed by atoms with Gasteiger partial charge >= 0.3 is 0 Å². The molecule has 0 unspecified atom stereocenters. The molecule has 3 rings (SSSR count). The molecule has 0 aliphatic carbocycles. The largest absolute Gasteiger partial charge is 0.378 e. The Bertz CT molecular complexity index is 724. The van der Waals surface area contributed by atoms with Crippen LogP contribution in [-0.2, 0) is 16.0 Å². The quantitative estimate of drug-likeness (QED) is 0.761. The number of unbranched alkanes of at least 4 members (excludes halogenated alkanes) is 1. The predicted molar refractivity (Wildman–Crippen MR) is 93.6 cm³/mol. The maximum absolute atomic E-state index is 11.9. The van der Waals surface area contributed by atoms with Gasteiger partial charge in [-0.3, -0.25) is 4.79 Å². The maximum atomic E-state index is 11.9. The molecule has 1 N–H and O–H groups in total. The van der Waals surface area contributed by atoms with E-state index in [1.807, 2.05) is 6.92 Å². The SMILES string of the molecule is CCCCNC(=O)CCc1nc(N2CCOCC2)c2c(C)noc2n1. The molecule has 0 saturated carbocycles. The highest BCUT2D eigenvalue weighted by molar-refractivity contribution is 5.88. The summed E-state index contributed by atoms with van der Waals surface area (Å²) in [4.78, 5) is 23.2. The van der Waals surface area contributed by atoms with Crippen LogP contribution in [0.3, 0.4) is 0 Å². The topological polar surface area (TPSA) is 93.4 Å². The van der Waals surface area contributed by atoms with Crippen molar-refractivity contribution < 1.29 is 14.1 Å². The number of nitrogens with one attached hydrogen (secondary N) is 1. The number of nitrogens with zero attached hydrogens (tertiary/aromatic N) is 4. The van der Waals surface area contributed by atoms with Crippen LogP contribution in [0.4, 0.5) is 5.82 Å². The van der Waals surface area contributed by atoms with E-state index >= 15 is 0 Å². The zero-order valence-corrected chi connectivity index (χ0v) is 14.9. The molecule has 0 aromatic carbocycles. The van der Waals surface area contributed by atoms with Crippen LogP contribution < -0.4 is 10.2 Å². The highest BCUT2D eigenvalue weighted by Gasteiger charge is 2.21. The Morgan fingerprint density at radius 3 is 2.84 bits per heavy atom. The Kier molecular flexibility index (Phi) is 5.80. The van der Waals surface area contributed by atoms with Gasteiger partial charge in [0.05, 0.1) is 18.9 Å². The minimum absolute atomic E-state index is 0.0267. The molecule has 0 bridgehead atoms. The molecule has 0 radical (unpaired) electrons. The Hall–Kier alpha value is -2.22. The molecule has 1 amide bonds. The van der Waals surface area contributed by atoms with Gasteiger partial charge < -0.3 is 19.5 Å². The Balaban J connectivity index is 1.76. The molecule has 25 heavy (non-hydrogen) atoms. The van der Waals surface area contributed by atoms with Crippen molar-refractivity contribution in [2.45, 2.75) is 39.5 Å². The van der Waals surface area contributed by atoms with Crippen molar-refractivity contribution >= 4 is 22.8 Å². The van der Waals surface area contributed by atoms with Gasteiger partial charge in [-0.15, -0.1) is 0 Å². The third kappa shape index (κ3) is 4.25. The van der Waals surface area contributed by atoms with Gasteiger partial charge in [0.15, 0.2) is 0 Å². The summed E-state index contributed by atoms with van der Waals surface area (Å²) in [6.07, 6.45) is 2.90. The maximum Gasteiger partial charge on any atom is 0.263 e. The van der Waals surface area contributed by atoms with Crippen LogP contribution in [0.1, 0.15) is 37.7 Å². The normalized spacial score (nSPS) is 14.9. The number of rotatable bonds is 7. The number of morpholine rings is 1. The number of carbonyl (C=O) groups is 1. The fourth-order valence-corrected chi connectivity index (χ4v) is 2.85. The second-order valence-electron chi connectivity index (χ2n) is 6.21. The number of hydrogen-bond acceptors (Lipinski definition) is 7. The number of ether oxygens (including phenoxy) is 1. The predicted octanol–water partition coefficient (Wildman–Crippen LogP) is 1.61. The van der Waals surface area contributed by atoms with Crippen LogP contribution in [0.15, 0.2) is 4.52 Å². The Labute approximate surface area is 146 Å². The molecule has 8 nitrogen and oxygen atoms in total. The first kappa shape index (κ1) is 17.6. The number of aryl methyl sites for hydroxylation is 2. The summed E-state index contributed by atoms with van der Waals surface area (Å²) < 4.78 is 10.8. The van der Waals surface area contributed by atoms with E-state index in [-0.39, 0.29) is 5.91 Å². The van der Waals surface area contributed by atoms with E-state index in [2.05, 4.69) is 27.3 Å². The fourth-order valence-electron chi connectivity index (χ4n) is 2.85. The third-order valence-electron chi connectivity index (χ3n) is 4.27. The van der Waals surface area contributed by atoms with Gasteiger partial charge in [-0.25, -0.2) is 4.98 Å². The molecule has 3 heterocycles. The zero-order chi connectivity index (χ0) is 17.6. The van der Waals surface area contributed by atoms with Crippen molar-refractivity contribution in [3.63, 3.8) is 0 Å². The molecule has 2 aromatic rings. The Morgan fingerprint density at radius 2 is 2.08 bits per heavy atom. The van der Waals surface area contributed by atoms with E-state index in [0.29, 0.717) is 37.6 Å². The molecule has 0 spiro atoms. The van der Waals surface area contributed by atoms with Gasteiger partial charge in [0.1, 0.15) is 17.0 Å². The molecule has 8 heteroatoms. The second-order valence-corrected chi connectivity index (χ2v) is 6.21. The van der Waals surface area contributed by atoms with Crippen LogP contribution in [0.2, 0.25) is 0 Å². The second kappa shape index (κ2) is 8.24. The first-order valence-electron chi connectivity index (χ1n) is 8.91. The van der Waals surface area contributed by atoms with Gasteiger partial charge in [-0.2, -0.15) is 4.98 Å². The lowest BCUT2D eigenvalue weighted by Gasteiger charge is -2.28. The summed E-state index contributed by atoms with van der Waals surface area (Å²) >= 11 is 0. The van der Waals surface area contributed by atoms with Crippen LogP contribution in [0.5, 0.6) is 0 Å². The van der Waals surface area contributed by atoms with Crippen LogP contribution in [0.25, 0.3) is 11.1 Å². The third-order valence-corrected chi connectivity index (χ3v) is 4.27. The van der Waals surface area contributed by atoms with Crippen molar-refractivity contribution in [1.29, 1.82) is 0 Å². The van der Waals surface area contributed by atoms with E-state index in [1.54, 1.807) is 0 Å². The fraction of sp³-hybridized carbons (Fsp3) is 0.647. The lowest BCUT2D eigenvalue weighted by atomic mass is 10.2. The summed E-state index contributed by atoms with van der Waals surface area (Å²) in [6, 6.07) is 0. The molecule has 136 valence electrons. The summed E-state index contributed by atoms with van der Waals surface area (Å²) in [5.74, 6) is 1.46. The molecule has 1 aliphatic heterocycles. The van der Waals surface area contributed by atoms with E-state index in [9.17, 15) is 4.79 Å². The van der Waals surface area contributed by atoms with Crippen molar-refractivity contribution in [2.75, 3.05) is 37.7 Å². The molecule has 1 aliphatic rings. The standard InChI is InChI=1S/C17H25N5O3/c1-3-4-7-18-14(23)6-5-13-19-16(22-8-10-24-11-9-22)15-12(2)21-25-17(15)20-13/h3-11H2,1-2H3,(H,18,23). The highest BCUT2D eigenvalue weighted by Crippen LogP contribution is 2.27. The van der Waals surface area contributed by atoms with Crippen LogP contribution in [-0.4, -0.2) is 53.9 Å². The Morgan fingerprint density at radius 1 is 1.28 bits per heavy atom. The molecule has 1 fully saturated rings. The van der Waals surface area contributed by atoms with Crippen LogP contribution in [0, 0.1) is 6.92 Å². The molecular formula is C17H25N5O3. The smallest absolute Gasteiger partial charge is 0.263 e. The van der Waals surface area contributed by atoms with Crippen molar-refractivity contribution in [2.24, 2.45) is 0 Å². The molecule has 1 saturated heterocycles. The summed E-state index contributed by atoms with van der Waals surface area (Å²) in [5, 5.41) is 7.78. The first-order chi connectivity index (χ1) is 12.2. The minimum Gasteiger partial charge on any atom is -0.378 e. The first-order valence-corrected chi connectivity index (χ1v) is 8.91. The number of anilines is 1. The molecule has 2 aromatic heterocycles. The van der Waals surface area contributed by atoms with E-state index < -0.39 is 0 Å². The summed E-state index contributed by atoms with van der Waals surface area (Å²) in [7, 11) is 0. The molecular weight excluding hydrogens is 322 g/mol. The van der Waals surface area contributed by atoms with E-state index in [0.717, 1.165) is 49.4 Å². The number of aromatic nitrogens is 3. The number of amides is 1. The van der Waals surface area contributed by atoms with Gasteiger partial charge in [-0.1, -0.05) is 18.5 Å². The number of hydrogen-bond donors (Lipinski definition) is 1. The van der Waals surface area contributed by atoms with Gasteiger partial charge in [-0.05, 0) is 13.3 Å². The number of carbonyl (C=O) groups excluding carboxylic acids is 1. The van der Waals surface area contributed by atoms with Crippen molar-refractivity contribution in [3.05, 3.63) is 11.5 Å². The van der Waals surface area contributed by atoms with Gasteiger partial charge in [0.25, 0.3) is 5.71 Å². The molecule has 0 atom stereocenters. The van der Waals surface area contributed by atoms with Gasteiger partial charge in [0.2, 0.25) is 5.91 Å². The van der Waals surface area contributed by atoms with Crippen LogP contribution >= 0.6 is 0 Å². The minimum atomic E-state index is 0.0267.